The van der Waals surface area contributed by atoms with Crippen molar-refractivity contribution in [3.63, 3.8) is 0 Å². The standard InChI is InChI=1S/C15H20N2O2/c16-11-13-10-12-6-2-3-7-14(12)17(15(13)19)8-4-1-5-9-18/h2-3,6-7,10,18H,1,4-5,8-9,11,16H2. The monoisotopic (exact) mass is 260 g/mol. The molecule has 0 aliphatic carbocycles. The molecule has 0 radical (unpaired) electrons. The molecule has 1 aromatic heterocycles. The van der Waals surface area contributed by atoms with Crippen molar-refractivity contribution in [3.8, 4) is 0 Å². The number of nitrogens with zero attached hydrogens (tertiary/aromatic N) is 1. The molecule has 0 aliphatic rings. The minimum absolute atomic E-state index is 0.00481. The lowest BCUT2D eigenvalue weighted by atomic mass is 10.1. The number of fused-ring (bicyclic) bond motifs is 1. The van der Waals surface area contributed by atoms with Gasteiger partial charge in [-0.3, -0.25) is 4.79 Å². The third-order valence-corrected chi connectivity index (χ3v) is 3.34. The van der Waals surface area contributed by atoms with Gasteiger partial charge in [0.05, 0.1) is 5.52 Å². The number of aromatic nitrogens is 1. The lowest BCUT2D eigenvalue weighted by Gasteiger charge is -2.12. The highest BCUT2D eigenvalue weighted by molar-refractivity contribution is 5.79. The first-order valence-electron chi connectivity index (χ1n) is 6.70. The molecular weight excluding hydrogens is 240 g/mol. The zero-order valence-electron chi connectivity index (χ0n) is 11.0. The van der Waals surface area contributed by atoms with Gasteiger partial charge >= 0.3 is 0 Å². The number of aliphatic hydroxyl groups excluding tert-OH is 1. The van der Waals surface area contributed by atoms with Crippen molar-refractivity contribution in [2.45, 2.75) is 32.4 Å². The summed E-state index contributed by atoms with van der Waals surface area (Å²) in [5.74, 6) is 0. The summed E-state index contributed by atoms with van der Waals surface area (Å²) >= 11 is 0. The van der Waals surface area contributed by atoms with E-state index in [0.29, 0.717) is 12.1 Å². The second-order valence-corrected chi connectivity index (χ2v) is 4.67. The molecule has 1 aromatic carbocycles. The zero-order valence-corrected chi connectivity index (χ0v) is 11.0. The smallest absolute Gasteiger partial charge is 0.255 e. The number of unbranched alkanes of at least 4 members (excludes halogenated alkanes) is 2. The molecule has 0 spiro atoms. The van der Waals surface area contributed by atoms with Crippen molar-refractivity contribution < 1.29 is 5.11 Å². The van der Waals surface area contributed by atoms with Crippen LogP contribution in [0, 0.1) is 0 Å². The van der Waals surface area contributed by atoms with Gasteiger partial charge in [0, 0.05) is 25.3 Å². The number of hydrogen-bond acceptors (Lipinski definition) is 3. The highest BCUT2D eigenvalue weighted by Crippen LogP contribution is 2.14. The van der Waals surface area contributed by atoms with Crippen LogP contribution in [0.15, 0.2) is 35.1 Å². The maximum absolute atomic E-state index is 12.3. The predicted molar refractivity (Wildman–Crippen MR) is 77.0 cm³/mol. The number of para-hydroxylation sites is 1. The minimum Gasteiger partial charge on any atom is -0.396 e. The number of aryl methyl sites for hydroxylation is 1. The van der Waals surface area contributed by atoms with Gasteiger partial charge in [-0.2, -0.15) is 0 Å². The topological polar surface area (TPSA) is 68.2 Å². The normalized spacial score (nSPS) is 11.1. The van der Waals surface area contributed by atoms with Gasteiger partial charge in [0.15, 0.2) is 0 Å². The fraction of sp³-hybridized carbons (Fsp3) is 0.400. The number of aliphatic hydroxyl groups is 1. The number of pyridine rings is 1. The van der Waals surface area contributed by atoms with Gasteiger partial charge in [-0.15, -0.1) is 0 Å². The highest BCUT2D eigenvalue weighted by atomic mass is 16.2. The maximum Gasteiger partial charge on any atom is 0.255 e. The summed E-state index contributed by atoms with van der Waals surface area (Å²) < 4.78 is 1.80. The van der Waals surface area contributed by atoms with Crippen LogP contribution in [0.4, 0.5) is 0 Å². The van der Waals surface area contributed by atoms with Crippen molar-refractivity contribution in [2.24, 2.45) is 5.73 Å². The van der Waals surface area contributed by atoms with Crippen LogP contribution in [0.25, 0.3) is 10.9 Å². The number of rotatable bonds is 6. The fourth-order valence-corrected chi connectivity index (χ4v) is 2.31. The summed E-state index contributed by atoms with van der Waals surface area (Å²) in [6.07, 6.45) is 2.59. The molecule has 0 saturated heterocycles. The molecule has 0 bridgehead atoms. The Kier molecular flexibility index (Phi) is 4.71. The van der Waals surface area contributed by atoms with Crippen molar-refractivity contribution in [1.29, 1.82) is 0 Å². The number of benzene rings is 1. The van der Waals surface area contributed by atoms with Crippen LogP contribution in [0.3, 0.4) is 0 Å². The first-order valence-corrected chi connectivity index (χ1v) is 6.70. The van der Waals surface area contributed by atoms with E-state index in [4.69, 9.17) is 10.8 Å². The molecule has 2 aromatic rings. The maximum atomic E-state index is 12.3. The van der Waals surface area contributed by atoms with Crippen LogP contribution in [-0.2, 0) is 13.1 Å². The molecule has 3 N–H and O–H groups in total. The largest absolute Gasteiger partial charge is 0.396 e. The minimum atomic E-state index is 0.00481. The summed E-state index contributed by atoms with van der Waals surface area (Å²) in [7, 11) is 0. The summed E-state index contributed by atoms with van der Waals surface area (Å²) in [6.45, 7) is 1.14. The van der Waals surface area contributed by atoms with Crippen LogP contribution in [0.1, 0.15) is 24.8 Å². The quantitative estimate of drug-likeness (QED) is 0.776. The molecular formula is C15H20N2O2. The third kappa shape index (κ3) is 3.03. The lowest BCUT2D eigenvalue weighted by Crippen LogP contribution is -2.25. The van der Waals surface area contributed by atoms with Gasteiger partial charge in [0.1, 0.15) is 0 Å². The first-order chi connectivity index (χ1) is 9.27. The number of hydrogen-bond donors (Lipinski definition) is 2. The van der Waals surface area contributed by atoms with E-state index in [2.05, 4.69) is 0 Å². The Bertz CT molecular complexity index is 605. The Morgan fingerprint density at radius 3 is 2.68 bits per heavy atom. The zero-order chi connectivity index (χ0) is 13.7. The third-order valence-electron chi connectivity index (χ3n) is 3.34. The van der Waals surface area contributed by atoms with Crippen molar-refractivity contribution in [2.75, 3.05) is 6.61 Å². The molecule has 0 saturated carbocycles. The van der Waals surface area contributed by atoms with Crippen LogP contribution in [0.5, 0.6) is 0 Å². The Hall–Kier alpha value is -1.65. The average molecular weight is 260 g/mol. The van der Waals surface area contributed by atoms with E-state index in [-0.39, 0.29) is 18.7 Å². The van der Waals surface area contributed by atoms with Gasteiger partial charge in [-0.25, -0.2) is 0 Å². The summed E-state index contributed by atoms with van der Waals surface area (Å²) in [5, 5.41) is 9.83. The summed E-state index contributed by atoms with van der Waals surface area (Å²) in [6, 6.07) is 9.74. The molecule has 0 aliphatic heterocycles. The Morgan fingerprint density at radius 2 is 1.95 bits per heavy atom. The SMILES string of the molecule is NCc1cc2ccccc2n(CCCCCO)c1=O. The molecule has 102 valence electrons. The van der Waals surface area contributed by atoms with Crippen molar-refractivity contribution in [1.82, 2.24) is 4.57 Å². The van der Waals surface area contributed by atoms with Crippen molar-refractivity contribution >= 4 is 10.9 Å². The highest BCUT2D eigenvalue weighted by Gasteiger charge is 2.07. The second-order valence-electron chi connectivity index (χ2n) is 4.67. The van der Waals surface area contributed by atoms with Gasteiger partial charge in [0.25, 0.3) is 5.56 Å². The van der Waals surface area contributed by atoms with Crippen LogP contribution in [-0.4, -0.2) is 16.3 Å². The van der Waals surface area contributed by atoms with Crippen LogP contribution < -0.4 is 11.3 Å². The van der Waals surface area contributed by atoms with E-state index < -0.39 is 0 Å². The van der Waals surface area contributed by atoms with E-state index in [0.717, 1.165) is 30.2 Å². The molecule has 0 fully saturated rings. The fourth-order valence-electron chi connectivity index (χ4n) is 2.31. The van der Waals surface area contributed by atoms with E-state index in [1.54, 1.807) is 4.57 Å². The van der Waals surface area contributed by atoms with Crippen molar-refractivity contribution in [3.05, 3.63) is 46.2 Å². The molecule has 0 unspecified atom stereocenters. The van der Waals surface area contributed by atoms with Crippen LogP contribution >= 0.6 is 0 Å². The van der Waals surface area contributed by atoms with E-state index in [1.807, 2.05) is 30.3 Å². The molecule has 4 heteroatoms. The van der Waals surface area contributed by atoms with E-state index in [9.17, 15) is 4.79 Å². The molecule has 2 rings (SSSR count). The Morgan fingerprint density at radius 1 is 1.16 bits per heavy atom. The number of nitrogens with two attached hydrogens (primary N) is 1. The van der Waals surface area contributed by atoms with Gasteiger partial charge < -0.3 is 15.4 Å². The molecule has 0 atom stereocenters. The summed E-state index contributed by atoms with van der Waals surface area (Å²) in [5.41, 5.74) is 7.25. The Labute approximate surface area is 112 Å². The summed E-state index contributed by atoms with van der Waals surface area (Å²) in [4.78, 5) is 12.3. The molecule has 0 amide bonds. The predicted octanol–water partition coefficient (Wildman–Crippen LogP) is 1.62. The lowest BCUT2D eigenvalue weighted by molar-refractivity contribution is 0.282. The molecule has 1 heterocycles. The molecule has 19 heavy (non-hydrogen) atoms. The van der Waals surface area contributed by atoms with Gasteiger partial charge in [0.2, 0.25) is 0 Å². The van der Waals surface area contributed by atoms with E-state index >= 15 is 0 Å². The molecule has 4 nitrogen and oxygen atoms in total. The van der Waals surface area contributed by atoms with E-state index in [1.165, 1.54) is 0 Å². The second kappa shape index (κ2) is 6.50. The van der Waals surface area contributed by atoms with Crippen LogP contribution in [0.2, 0.25) is 0 Å². The van der Waals surface area contributed by atoms with Gasteiger partial charge in [-0.05, 0) is 36.8 Å². The Balaban J connectivity index is 2.38. The first kappa shape index (κ1) is 13.8. The van der Waals surface area contributed by atoms with Gasteiger partial charge in [-0.1, -0.05) is 18.2 Å². The average Bonchev–Trinajstić information content (AvgIpc) is 2.45.